The van der Waals surface area contributed by atoms with E-state index in [2.05, 4.69) is 26.0 Å². The van der Waals surface area contributed by atoms with E-state index in [4.69, 9.17) is 0 Å². The summed E-state index contributed by atoms with van der Waals surface area (Å²) in [6.45, 7) is 4.86. The second-order valence-electron chi connectivity index (χ2n) is 5.60. The van der Waals surface area contributed by atoms with E-state index >= 15 is 0 Å². The summed E-state index contributed by atoms with van der Waals surface area (Å²) < 4.78 is 2.18. The first-order valence-corrected chi connectivity index (χ1v) is 7.37. The highest BCUT2D eigenvalue weighted by atomic mass is 15.2. The van der Waals surface area contributed by atoms with Crippen molar-refractivity contribution in [1.29, 1.82) is 0 Å². The standard InChI is InChI=1S/C14H24N4/c1-4-13(16-6-1)14-5-2-9-18(14)10-3-8-17-11-7-15-12-17/h7,11-14,16H,1-6,8-10H2. The Morgan fingerprint density at radius 2 is 2.22 bits per heavy atom. The van der Waals surface area contributed by atoms with Gasteiger partial charge in [-0.3, -0.25) is 4.90 Å². The van der Waals surface area contributed by atoms with Gasteiger partial charge < -0.3 is 9.88 Å². The highest BCUT2D eigenvalue weighted by molar-refractivity contribution is 4.92. The molecule has 0 bridgehead atoms. The van der Waals surface area contributed by atoms with Crippen molar-refractivity contribution >= 4 is 0 Å². The SMILES string of the molecule is c1cn(CCCN2CCCC2C2CCCN2)cn1. The molecule has 0 saturated carbocycles. The summed E-state index contributed by atoms with van der Waals surface area (Å²) in [5.41, 5.74) is 0. The molecule has 0 radical (unpaired) electrons. The molecule has 2 fully saturated rings. The molecule has 1 N–H and O–H groups in total. The minimum atomic E-state index is 0.765. The summed E-state index contributed by atoms with van der Waals surface area (Å²) in [5.74, 6) is 0. The second-order valence-corrected chi connectivity index (χ2v) is 5.60. The molecule has 18 heavy (non-hydrogen) atoms. The van der Waals surface area contributed by atoms with Crippen LogP contribution in [0.2, 0.25) is 0 Å². The van der Waals surface area contributed by atoms with E-state index in [1.165, 1.54) is 51.7 Å². The van der Waals surface area contributed by atoms with Gasteiger partial charge in [0.1, 0.15) is 0 Å². The van der Waals surface area contributed by atoms with Gasteiger partial charge in [0.25, 0.3) is 0 Å². The van der Waals surface area contributed by atoms with E-state index in [1.54, 1.807) is 0 Å². The van der Waals surface area contributed by atoms with Crippen molar-refractivity contribution in [1.82, 2.24) is 19.8 Å². The van der Waals surface area contributed by atoms with Gasteiger partial charge in [0.05, 0.1) is 6.33 Å². The third kappa shape index (κ3) is 2.75. The maximum Gasteiger partial charge on any atom is 0.0945 e. The average Bonchev–Trinajstić information content (AvgIpc) is 3.12. The zero-order chi connectivity index (χ0) is 12.2. The van der Waals surface area contributed by atoms with Gasteiger partial charge in [0.15, 0.2) is 0 Å². The molecule has 1 aromatic heterocycles. The van der Waals surface area contributed by atoms with Gasteiger partial charge in [0.2, 0.25) is 0 Å². The topological polar surface area (TPSA) is 33.1 Å². The third-order valence-corrected chi connectivity index (χ3v) is 4.40. The Hall–Kier alpha value is -0.870. The van der Waals surface area contributed by atoms with Crippen LogP contribution in [0.4, 0.5) is 0 Å². The average molecular weight is 248 g/mol. The fourth-order valence-corrected chi connectivity index (χ4v) is 3.50. The summed E-state index contributed by atoms with van der Waals surface area (Å²) >= 11 is 0. The van der Waals surface area contributed by atoms with E-state index in [-0.39, 0.29) is 0 Å². The smallest absolute Gasteiger partial charge is 0.0945 e. The van der Waals surface area contributed by atoms with Crippen molar-refractivity contribution in [2.75, 3.05) is 19.6 Å². The molecule has 0 spiro atoms. The Morgan fingerprint density at radius 1 is 1.22 bits per heavy atom. The van der Waals surface area contributed by atoms with Crippen molar-refractivity contribution in [3.8, 4) is 0 Å². The number of imidazole rings is 1. The molecule has 2 unspecified atom stereocenters. The predicted octanol–water partition coefficient (Wildman–Crippen LogP) is 1.49. The number of nitrogens with zero attached hydrogens (tertiary/aromatic N) is 3. The van der Waals surface area contributed by atoms with Crippen molar-refractivity contribution in [2.24, 2.45) is 0 Å². The first-order chi connectivity index (χ1) is 8.93. The van der Waals surface area contributed by atoms with Crippen LogP contribution in [0.1, 0.15) is 32.1 Å². The first-order valence-electron chi connectivity index (χ1n) is 7.37. The number of aryl methyl sites for hydroxylation is 1. The Balaban J connectivity index is 1.46. The van der Waals surface area contributed by atoms with Crippen LogP contribution in [0, 0.1) is 0 Å². The highest BCUT2D eigenvalue weighted by Gasteiger charge is 2.32. The fourth-order valence-electron chi connectivity index (χ4n) is 3.50. The Bertz CT molecular complexity index is 343. The quantitative estimate of drug-likeness (QED) is 0.857. The lowest BCUT2D eigenvalue weighted by Gasteiger charge is -2.29. The lowest BCUT2D eigenvalue weighted by atomic mass is 10.0. The maximum absolute atomic E-state index is 4.09. The molecule has 1 aromatic rings. The van der Waals surface area contributed by atoms with Crippen molar-refractivity contribution in [3.05, 3.63) is 18.7 Å². The molecule has 2 saturated heterocycles. The summed E-state index contributed by atoms with van der Waals surface area (Å²) in [5, 5.41) is 3.68. The third-order valence-electron chi connectivity index (χ3n) is 4.40. The van der Waals surface area contributed by atoms with Gasteiger partial charge in [-0.25, -0.2) is 4.98 Å². The molecule has 2 aliphatic heterocycles. The van der Waals surface area contributed by atoms with E-state index in [1.807, 2.05) is 12.5 Å². The molecule has 4 heteroatoms. The van der Waals surface area contributed by atoms with Crippen molar-refractivity contribution < 1.29 is 0 Å². The van der Waals surface area contributed by atoms with Crippen LogP contribution in [0.3, 0.4) is 0 Å². The molecular formula is C14H24N4. The second kappa shape index (κ2) is 5.85. The molecule has 3 heterocycles. The Kier molecular flexibility index (Phi) is 3.96. The monoisotopic (exact) mass is 248 g/mol. The fraction of sp³-hybridized carbons (Fsp3) is 0.786. The molecule has 3 rings (SSSR count). The van der Waals surface area contributed by atoms with Crippen LogP contribution >= 0.6 is 0 Å². The number of rotatable bonds is 5. The van der Waals surface area contributed by atoms with E-state index in [9.17, 15) is 0 Å². The lowest BCUT2D eigenvalue weighted by molar-refractivity contribution is 0.209. The number of aromatic nitrogens is 2. The molecule has 0 aliphatic carbocycles. The van der Waals surface area contributed by atoms with Crippen LogP contribution in [-0.2, 0) is 6.54 Å². The van der Waals surface area contributed by atoms with Crippen LogP contribution in [0.15, 0.2) is 18.7 Å². The molecule has 4 nitrogen and oxygen atoms in total. The van der Waals surface area contributed by atoms with Crippen molar-refractivity contribution in [2.45, 2.75) is 50.7 Å². The highest BCUT2D eigenvalue weighted by Crippen LogP contribution is 2.24. The normalized spacial score (nSPS) is 29.1. The molecule has 2 atom stereocenters. The molecule has 0 amide bonds. The molecule has 2 aliphatic rings. The lowest BCUT2D eigenvalue weighted by Crippen LogP contribution is -2.44. The van der Waals surface area contributed by atoms with Gasteiger partial charge in [-0.15, -0.1) is 0 Å². The minimum absolute atomic E-state index is 0.765. The van der Waals surface area contributed by atoms with Gasteiger partial charge in [-0.1, -0.05) is 0 Å². The summed E-state index contributed by atoms with van der Waals surface area (Å²) in [7, 11) is 0. The van der Waals surface area contributed by atoms with Crippen LogP contribution in [-0.4, -0.2) is 46.2 Å². The van der Waals surface area contributed by atoms with E-state index in [0.29, 0.717) is 0 Å². The van der Waals surface area contributed by atoms with Gasteiger partial charge >= 0.3 is 0 Å². The number of hydrogen-bond acceptors (Lipinski definition) is 3. The van der Waals surface area contributed by atoms with Crippen LogP contribution in [0.5, 0.6) is 0 Å². The Labute approximate surface area is 109 Å². The maximum atomic E-state index is 4.09. The number of hydrogen-bond donors (Lipinski definition) is 1. The summed E-state index contributed by atoms with van der Waals surface area (Å²) in [4.78, 5) is 6.80. The molecular weight excluding hydrogens is 224 g/mol. The van der Waals surface area contributed by atoms with Gasteiger partial charge in [0, 0.05) is 37.6 Å². The van der Waals surface area contributed by atoms with E-state index in [0.717, 1.165) is 18.6 Å². The van der Waals surface area contributed by atoms with Gasteiger partial charge in [-0.2, -0.15) is 0 Å². The zero-order valence-corrected chi connectivity index (χ0v) is 11.1. The number of likely N-dealkylation sites (tertiary alicyclic amines) is 1. The largest absolute Gasteiger partial charge is 0.337 e. The number of nitrogens with one attached hydrogen (secondary N) is 1. The summed E-state index contributed by atoms with van der Waals surface area (Å²) in [6.07, 6.45) is 12.6. The van der Waals surface area contributed by atoms with Crippen LogP contribution in [0.25, 0.3) is 0 Å². The minimum Gasteiger partial charge on any atom is -0.337 e. The Morgan fingerprint density at radius 3 is 3.00 bits per heavy atom. The van der Waals surface area contributed by atoms with E-state index < -0.39 is 0 Å². The predicted molar refractivity (Wildman–Crippen MR) is 72.5 cm³/mol. The van der Waals surface area contributed by atoms with Crippen molar-refractivity contribution in [3.63, 3.8) is 0 Å². The first kappa shape index (κ1) is 12.2. The zero-order valence-electron chi connectivity index (χ0n) is 11.1. The van der Waals surface area contributed by atoms with Gasteiger partial charge in [-0.05, 0) is 45.2 Å². The molecule has 0 aromatic carbocycles. The molecule has 100 valence electrons. The summed E-state index contributed by atoms with van der Waals surface area (Å²) in [6, 6.07) is 1.57. The van der Waals surface area contributed by atoms with Crippen LogP contribution < -0.4 is 5.32 Å².